The number of benzene rings is 1. The predicted molar refractivity (Wildman–Crippen MR) is 104 cm³/mol. The molecule has 0 aromatic heterocycles. The quantitative estimate of drug-likeness (QED) is 0.604. The van der Waals surface area contributed by atoms with E-state index in [1.54, 1.807) is 7.11 Å². The molecule has 0 radical (unpaired) electrons. The van der Waals surface area contributed by atoms with Crippen LogP contribution in [0.1, 0.15) is 18.4 Å². The second-order valence-corrected chi connectivity index (χ2v) is 7.24. The summed E-state index contributed by atoms with van der Waals surface area (Å²) in [7, 11) is 8.08. The van der Waals surface area contributed by atoms with Crippen LogP contribution in [-0.4, -0.2) is 88.8 Å². The number of methoxy groups -OCH3 is 1. The largest absolute Gasteiger partial charge is 0.493 e. The molecule has 25 heavy (non-hydrogen) atoms. The Balaban J connectivity index is 1.75. The molecule has 5 nitrogen and oxygen atoms in total. The number of aryl methyl sites for hydroxylation is 1. The Morgan fingerprint density at radius 3 is 2.48 bits per heavy atom. The first-order valence-electron chi connectivity index (χ1n) is 9.44. The smallest absolute Gasteiger partial charge is 0.161 e. The molecule has 5 heteroatoms. The molecule has 0 atom stereocenters. The third-order valence-electron chi connectivity index (χ3n) is 4.77. The van der Waals surface area contributed by atoms with Gasteiger partial charge < -0.3 is 24.2 Å². The lowest BCUT2D eigenvalue weighted by molar-refractivity contribution is 0.153. The van der Waals surface area contributed by atoms with Crippen LogP contribution in [-0.2, 0) is 6.42 Å². The Bertz CT molecular complexity index is 500. The van der Waals surface area contributed by atoms with E-state index in [0.29, 0.717) is 0 Å². The molecule has 2 rings (SSSR count). The van der Waals surface area contributed by atoms with Gasteiger partial charge in [-0.15, -0.1) is 0 Å². The molecular weight excluding hydrogens is 314 g/mol. The minimum atomic E-state index is 0.720. The maximum absolute atomic E-state index is 5.88. The van der Waals surface area contributed by atoms with Crippen LogP contribution in [0.25, 0.3) is 0 Å². The average molecular weight is 350 g/mol. The fourth-order valence-corrected chi connectivity index (χ4v) is 3.13. The lowest BCUT2D eigenvalue weighted by atomic mass is 10.1. The van der Waals surface area contributed by atoms with E-state index in [-0.39, 0.29) is 0 Å². The summed E-state index contributed by atoms with van der Waals surface area (Å²) in [6.07, 6.45) is 3.29. The summed E-state index contributed by atoms with van der Waals surface area (Å²) in [5, 5.41) is 0. The number of likely N-dealkylation sites (N-methyl/N-ethyl adjacent to an activating group) is 1. The van der Waals surface area contributed by atoms with Gasteiger partial charge in [-0.2, -0.15) is 0 Å². The minimum absolute atomic E-state index is 0.720. The van der Waals surface area contributed by atoms with Crippen molar-refractivity contribution in [1.29, 1.82) is 0 Å². The van der Waals surface area contributed by atoms with E-state index in [4.69, 9.17) is 9.47 Å². The van der Waals surface area contributed by atoms with Gasteiger partial charge in [0.15, 0.2) is 11.5 Å². The van der Waals surface area contributed by atoms with E-state index in [1.165, 1.54) is 44.7 Å². The molecule has 1 fully saturated rings. The molecule has 1 saturated heterocycles. The van der Waals surface area contributed by atoms with Crippen molar-refractivity contribution in [2.75, 3.05) is 74.1 Å². The molecule has 142 valence electrons. The number of piperazine rings is 1. The van der Waals surface area contributed by atoms with Crippen LogP contribution in [0.15, 0.2) is 18.2 Å². The van der Waals surface area contributed by atoms with Crippen LogP contribution in [0.5, 0.6) is 11.5 Å². The van der Waals surface area contributed by atoms with Gasteiger partial charge >= 0.3 is 0 Å². The Morgan fingerprint density at radius 1 is 1.04 bits per heavy atom. The summed E-state index contributed by atoms with van der Waals surface area (Å²) in [4.78, 5) is 7.14. The number of ether oxygens (including phenoxy) is 2. The Kier molecular flexibility index (Phi) is 8.52. The first-order valence-corrected chi connectivity index (χ1v) is 9.44. The third kappa shape index (κ3) is 7.22. The molecule has 1 aliphatic heterocycles. The topological polar surface area (TPSA) is 28.2 Å². The van der Waals surface area contributed by atoms with Crippen molar-refractivity contribution in [2.45, 2.75) is 19.3 Å². The SMILES string of the molecule is COc1cc(CCCN2CCN(C)CC2)ccc1OCCCN(C)C. The van der Waals surface area contributed by atoms with Gasteiger partial charge in [0, 0.05) is 32.7 Å². The number of hydrogen-bond acceptors (Lipinski definition) is 5. The summed E-state index contributed by atoms with van der Waals surface area (Å²) in [6.45, 7) is 7.70. The standard InChI is InChI=1S/C20H35N3O2/c1-21(2)10-6-16-25-19-9-8-18(17-20(19)24-4)7-5-11-23-14-12-22(3)13-15-23/h8-9,17H,5-7,10-16H2,1-4H3. The van der Waals surface area contributed by atoms with Gasteiger partial charge in [-0.1, -0.05) is 6.07 Å². The summed E-state index contributed by atoms with van der Waals surface area (Å²) < 4.78 is 11.4. The monoisotopic (exact) mass is 349 g/mol. The summed E-state index contributed by atoms with van der Waals surface area (Å²) in [5.74, 6) is 1.70. The van der Waals surface area contributed by atoms with Gasteiger partial charge in [0.1, 0.15) is 0 Å². The molecule has 0 amide bonds. The van der Waals surface area contributed by atoms with Crippen molar-refractivity contribution in [1.82, 2.24) is 14.7 Å². The van der Waals surface area contributed by atoms with Crippen LogP contribution in [0.4, 0.5) is 0 Å². The molecule has 0 unspecified atom stereocenters. The highest BCUT2D eigenvalue weighted by molar-refractivity contribution is 5.43. The van der Waals surface area contributed by atoms with Gasteiger partial charge in [0.25, 0.3) is 0 Å². The van der Waals surface area contributed by atoms with Crippen molar-refractivity contribution < 1.29 is 9.47 Å². The fourth-order valence-electron chi connectivity index (χ4n) is 3.13. The minimum Gasteiger partial charge on any atom is -0.493 e. The van der Waals surface area contributed by atoms with Gasteiger partial charge in [-0.3, -0.25) is 0 Å². The molecular formula is C20H35N3O2. The molecule has 0 spiro atoms. The molecule has 1 heterocycles. The highest BCUT2D eigenvalue weighted by atomic mass is 16.5. The van der Waals surface area contributed by atoms with E-state index in [0.717, 1.165) is 37.5 Å². The molecule has 1 aromatic carbocycles. The van der Waals surface area contributed by atoms with E-state index in [1.807, 2.05) is 0 Å². The van der Waals surface area contributed by atoms with E-state index < -0.39 is 0 Å². The maximum Gasteiger partial charge on any atom is 0.161 e. The summed E-state index contributed by atoms with van der Waals surface area (Å²) >= 11 is 0. The molecule has 0 N–H and O–H groups in total. The molecule has 1 aromatic rings. The highest BCUT2D eigenvalue weighted by Crippen LogP contribution is 2.28. The van der Waals surface area contributed by atoms with Gasteiger partial charge in [-0.25, -0.2) is 0 Å². The van der Waals surface area contributed by atoms with E-state index in [9.17, 15) is 0 Å². The lowest BCUT2D eigenvalue weighted by Gasteiger charge is -2.32. The second kappa shape index (κ2) is 10.6. The zero-order valence-corrected chi connectivity index (χ0v) is 16.5. The highest BCUT2D eigenvalue weighted by Gasteiger charge is 2.13. The van der Waals surface area contributed by atoms with Crippen LogP contribution in [0.3, 0.4) is 0 Å². The zero-order chi connectivity index (χ0) is 18.1. The lowest BCUT2D eigenvalue weighted by Crippen LogP contribution is -2.44. The molecule has 1 aliphatic rings. The summed E-state index contributed by atoms with van der Waals surface area (Å²) in [5.41, 5.74) is 1.33. The van der Waals surface area contributed by atoms with Crippen LogP contribution in [0, 0.1) is 0 Å². The van der Waals surface area contributed by atoms with Gasteiger partial charge in [0.05, 0.1) is 13.7 Å². The Labute approximate surface area is 153 Å². The average Bonchev–Trinajstić information content (AvgIpc) is 2.61. The molecule has 0 saturated carbocycles. The first kappa shape index (κ1) is 20.0. The molecule has 0 aliphatic carbocycles. The van der Waals surface area contributed by atoms with Crippen molar-refractivity contribution in [3.05, 3.63) is 23.8 Å². The number of rotatable bonds is 10. The van der Waals surface area contributed by atoms with Crippen molar-refractivity contribution in [3.8, 4) is 11.5 Å². The predicted octanol–water partition coefficient (Wildman–Crippen LogP) is 2.21. The van der Waals surface area contributed by atoms with Crippen LogP contribution in [0.2, 0.25) is 0 Å². The normalized spacial score (nSPS) is 16.4. The van der Waals surface area contributed by atoms with Crippen molar-refractivity contribution in [2.24, 2.45) is 0 Å². The van der Waals surface area contributed by atoms with Crippen LogP contribution < -0.4 is 9.47 Å². The van der Waals surface area contributed by atoms with E-state index in [2.05, 4.69) is 54.0 Å². The van der Waals surface area contributed by atoms with E-state index >= 15 is 0 Å². The van der Waals surface area contributed by atoms with Crippen molar-refractivity contribution in [3.63, 3.8) is 0 Å². The first-order chi connectivity index (χ1) is 12.1. The Hall–Kier alpha value is -1.30. The van der Waals surface area contributed by atoms with Crippen LogP contribution >= 0.6 is 0 Å². The third-order valence-corrected chi connectivity index (χ3v) is 4.77. The second-order valence-electron chi connectivity index (χ2n) is 7.24. The maximum atomic E-state index is 5.88. The zero-order valence-electron chi connectivity index (χ0n) is 16.5. The fraction of sp³-hybridized carbons (Fsp3) is 0.700. The van der Waals surface area contributed by atoms with Crippen molar-refractivity contribution >= 4 is 0 Å². The Morgan fingerprint density at radius 2 is 1.80 bits per heavy atom. The van der Waals surface area contributed by atoms with Gasteiger partial charge in [-0.05, 0) is 64.6 Å². The van der Waals surface area contributed by atoms with Gasteiger partial charge in [0.2, 0.25) is 0 Å². The summed E-state index contributed by atoms with van der Waals surface area (Å²) in [6, 6.07) is 6.36. The number of nitrogens with zero attached hydrogens (tertiary/aromatic N) is 3. The molecule has 0 bridgehead atoms. The number of hydrogen-bond donors (Lipinski definition) is 0.